The Morgan fingerprint density at radius 3 is 2.77 bits per heavy atom. The number of esters is 1. The molecular weight excluding hydrogens is 560 g/mol. The van der Waals surface area contributed by atoms with E-state index in [1.165, 1.54) is 16.9 Å². The SMILES string of the molecule is CCOC(=O)c1cccc(-c2ccc(/C=c3/sc4n(c3=O)[C@H](c3cccc(OC)c3)C3=C(N=4)c4ccccc4CC3)o2)c1. The topological polar surface area (TPSA) is 83.0 Å². The number of aromatic nitrogens is 1. The molecule has 214 valence electrons. The molecule has 0 saturated carbocycles. The van der Waals surface area contributed by atoms with E-state index in [0.717, 1.165) is 46.6 Å². The van der Waals surface area contributed by atoms with E-state index in [4.69, 9.17) is 18.9 Å². The molecule has 2 aromatic heterocycles. The molecule has 3 heterocycles. The minimum absolute atomic E-state index is 0.121. The molecule has 3 aromatic carbocycles. The Morgan fingerprint density at radius 2 is 1.91 bits per heavy atom. The van der Waals surface area contributed by atoms with Crippen LogP contribution in [0.3, 0.4) is 0 Å². The highest BCUT2D eigenvalue weighted by Crippen LogP contribution is 2.41. The Kier molecular flexibility index (Phi) is 6.91. The molecule has 0 amide bonds. The molecule has 1 aliphatic heterocycles. The molecule has 2 aliphatic rings. The largest absolute Gasteiger partial charge is 0.497 e. The number of nitrogens with zero attached hydrogens (tertiary/aromatic N) is 2. The highest BCUT2D eigenvalue weighted by Gasteiger charge is 2.32. The van der Waals surface area contributed by atoms with Crippen LogP contribution in [0.5, 0.6) is 5.75 Å². The van der Waals surface area contributed by atoms with Crippen LogP contribution in [-0.4, -0.2) is 24.3 Å². The van der Waals surface area contributed by atoms with Crippen molar-refractivity contribution in [1.29, 1.82) is 0 Å². The smallest absolute Gasteiger partial charge is 0.338 e. The van der Waals surface area contributed by atoms with E-state index in [2.05, 4.69) is 18.2 Å². The molecule has 7 rings (SSSR count). The quantitative estimate of drug-likeness (QED) is 0.236. The van der Waals surface area contributed by atoms with Gasteiger partial charge in [-0.05, 0) is 72.9 Å². The number of hydrogen-bond donors (Lipinski definition) is 0. The van der Waals surface area contributed by atoms with Gasteiger partial charge in [0.25, 0.3) is 5.56 Å². The molecular formula is C35H28N2O5S. The van der Waals surface area contributed by atoms with E-state index in [9.17, 15) is 9.59 Å². The number of benzene rings is 3. The van der Waals surface area contributed by atoms with Crippen molar-refractivity contribution in [1.82, 2.24) is 4.57 Å². The predicted octanol–water partition coefficient (Wildman–Crippen LogP) is 5.76. The number of allylic oxidation sites excluding steroid dienone is 1. The molecule has 5 aromatic rings. The Hall–Kier alpha value is -4.95. The second kappa shape index (κ2) is 11.0. The summed E-state index contributed by atoms with van der Waals surface area (Å²) in [6, 6.07) is 26.8. The lowest BCUT2D eigenvalue weighted by Crippen LogP contribution is -2.38. The van der Waals surface area contributed by atoms with E-state index >= 15 is 0 Å². The van der Waals surface area contributed by atoms with Crippen molar-refractivity contribution in [2.45, 2.75) is 25.8 Å². The van der Waals surface area contributed by atoms with Crippen molar-refractivity contribution in [3.05, 3.63) is 138 Å². The van der Waals surface area contributed by atoms with Crippen LogP contribution < -0.4 is 19.6 Å². The van der Waals surface area contributed by atoms with Crippen molar-refractivity contribution >= 4 is 29.1 Å². The number of furan rings is 1. The lowest BCUT2D eigenvalue weighted by molar-refractivity contribution is 0.0526. The van der Waals surface area contributed by atoms with E-state index < -0.39 is 0 Å². The summed E-state index contributed by atoms with van der Waals surface area (Å²) in [7, 11) is 1.65. The minimum Gasteiger partial charge on any atom is -0.497 e. The summed E-state index contributed by atoms with van der Waals surface area (Å²) in [6.07, 6.45) is 3.47. The van der Waals surface area contributed by atoms with Crippen LogP contribution in [0.2, 0.25) is 0 Å². The van der Waals surface area contributed by atoms with E-state index in [-0.39, 0.29) is 17.6 Å². The van der Waals surface area contributed by atoms with Gasteiger partial charge >= 0.3 is 5.97 Å². The maximum absolute atomic E-state index is 14.1. The summed E-state index contributed by atoms with van der Waals surface area (Å²) in [6.45, 7) is 2.08. The zero-order valence-electron chi connectivity index (χ0n) is 23.7. The fraction of sp³-hybridized carbons (Fsp3) is 0.171. The van der Waals surface area contributed by atoms with Crippen molar-refractivity contribution < 1.29 is 18.7 Å². The number of thiazole rings is 1. The molecule has 7 nitrogen and oxygen atoms in total. The van der Waals surface area contributed by atoms with Crippen LogP contribution in [0.15, 0.2) is 105 Å². The average molecular weight is 589 g/mol. The molecule has 0 saturated heterocycles. The predicted molar refractivity (Wildman–Crippen MR) is 166 cm³/mol. The van der Waals surface area contributed by atoms with Gasteiger partial charge in [-0.1, -0.05) is 59.9 Å². The van der Waals surface area contributed by atoms with Gasteiger partial charge in [0, 0.05) is 17.2 Å². The van der Waals surface area contributed by atoms with E-state index in [1.807, 2.05) is 53.1 Å². The van der Waals surface area contributed by atoms with Gasteiger partial charge in [0.05, 0.1) is 35.6 Å². The Bertz CT molecular complexity index is 2100. The third-order valence-corrected chi connectivity index (χ3v) is 8.82. The summed E-state index contributed by atoms with van der Waals surface area (Å²) in [5, 5.41) is 0. The maximum atomic E-state index is 14.1. The molecule has 43 heavy (non-hydrogen) atoms. The third-order valence-electron chi connectivity index (χ3n) is 7.84. The number of fused-ring (bicyclic) bond motifs is 3. The van der Waals surface area contributed by atoms with Crippen LogP contribution in [0.4, 0.5) is 0 Å². The Morgan fingerprint density at radius 1 is 1.05 bits per heavy atom. The lowest BCUT2D eigenvalue weighted by atomic mass is 9.83. The van der Waals surface area contributed by atoms with Gasteiger partial charge in [-0.25, -0.2) is 9.79 Å². The fourth-order valence-electron chi connectivity index (χ4n) is 5.86. The molecule has 0 N–H and O–H groups in total. The molecule has 0 fully saturated rings. The first-order valence-electron chi connectivity index (χ1n) is 14.2. The first-order valence-corrected chi connectivity index (χ1v) is 15.0. The summed E-state index contributed by atoms with van der Waals surface area (Å²) < 4.78 is 19.1. The molecule has 8 heteroatoms. The Balaban J connectivity index is 1.34. The summed E-state index contributed by atoms with van der Waals surface area (Å²) >= 11 is 1.35. The number of rotatable bonds is 6. The highest BCUT2D eigenvalue weighted by atomic mass is 32.1. The second-order valence-electron chi connectivity index (χ2n) is 10.4. The van der Waals surface area contributed by atoms with Crippen LogP contribution in [0.25, 0.3) is 23.1 Å². The van der Waals surface area contributed by atoms with Gasteiger partial charge in [-0.3, -0.25) is 9.36 Å². The first-order chi connectivity index (χ1) is 21.0. The van der Waals surface area contributed by atoms with Gasteiger partial charge in [0.15, 0.2) is 4.80 Å². The van der Waals surface area contributed by atoms with Gasteiger partial charge < -0.3 is 13.9 Å². The van der Waals surface area contributed by atoms with E-state index in [1.54, 1.807) is 38.3 Å². The average Bonchev–Trinajstić information content (AvgIpc) is 3.64. The van der Waals surface area contributed by atoms with Crippen molar-refractivity contribution in [3.8, 4) is 17.1 Å². The summed E-state index contributed by atoms with van der Waals surface area (Å²) in [5.41, 5.74) is 6.53. The molecule has 0 bridgehead atoms. The van der Waals surface area contributed by atoms with Gasteiger partial charge in [0.2, 0.25) is 0 Å². The molecule has 0 unspecified atom stereocenters. The normalized spacial score (nSPS) is 15.8. The number of aryl methyl sites for hydroxylation is 1. The monoisotopic (exact) mass is 588 g/mol. The number of carbonyl (C=O) groups is 1. The van der Waals surface area contributed by atoms with Crippen molar-refractivity contribution in [2.24, 2.45) is 4.99 Å². The van der Waals surface area contributed by atoms with Gasteiger partial charge in [-0.2, -0.15) is 0 Å². The Labute approximate surface area is 251 Å². The highest BCUT2D eigenvalue weighted by molar-refractivity contribution is 7.07. The molecule has 0 spiro atoms. The number of methoxy groups -OCH3 is 1. The number of carbonyl (C=O) groups excluding carboxylic acids is 1. The van der Waals surface area contributed by atoms with Crippen LogP contribution in [-0.2, 0) is 11.2 Å². The zero-order valence-corrected chi connectivity index (χ0v) is 24.5. The van der Waals surface area contributed by atoms with Crippen molar-refractivity contribution in [3.63, 3.8) is 0 Å². The first kappa shape index (κ1) is 26.9. The third kappa shape index (κ3) is 4.83. The van der Waals surface area contributed by atoms with Crippen molar-refractivity contribution in [2.75, 3.05) is 13.7 Å². The van der Waals surface area contributed by atoms with Crippen LogP contribution >= 0.6 is 11.3 Å². The summed E-state index contributed by atoms with van der Waals surface area (Å²) in [4.78, 5) is 32.0. The molecule has 0 radical (unpaired) electrons. The maximum Gasteiger partial charge on any atom is 0.338 e. The number of hydrogen-bond acceptors (Lipinski definition) is 7. The van der Waals surface area contributed by atoms with E-state index in [0.29, 0.717) is 33.0 Å². The number of ether oxygens (including phenoxy) is 2. The van der Waals surface area contributed by atoms with Crippen LogP contribution in [0, 0.1) is 0 Å². The second-order valence-corrected chi connectivity index (χ2v) is 11.4. The van der Waals surface area contributed by atoms with Gasteiger partial charge in [-0.15, -0.1) is 0 Å². The standard InChI is InChI=1S/C35H28N2O5S/c1-3-41-34(39)24-11-6-9-22(18-24)29-17-15-26(42-29)20-30-33(38)37-32(23-10-7-12-25(19-23)40-2)28-16-14-21-8-4-5-13-27(21)31(28)36-35(37)43-30/h4-13,15,17-20,32H,3,14,16H2,1-2H3/b30-20+/t32-/m1/s1. The molecule has 1 aliphatic carbocycles. The fourth-order valence-corrected chi connectivity index (χ4v) is 6.84. The molecule has 1 atom stereocenters. The summed E-state index contributed by atoms with van der Waals surface area (Å²) in [5.74, 6) is 1.48. The van der Waals surface area contributed by atoms with Crippen LogP contribution in [0.1, 0.15) is 52.2 Å². The van der Waals surface area contributed by atoms with Gasteiger partial charge in [0.1, 0.15) is 17.3 Å². The lowest BCUT2D eigenvalue weighted by Gasteiger charge is -2.31. The minimum atomic E-state index is -0.381. The zero-order chi connectivity index (χ0) is 29.5.